The van der Waals surface area contributed by atoms with Crippen LogP contribution in [0.15, 0.2) is 18.2 Å². The standard InChI is InChI=1S/C10H13F/c1-7(2)9-4-5-10(11)8(3)6-9/h4-7H,1-3H3. The van der Waals surface area contributed by atoms with Crippen molar-refractivity contribution >= 4 is 0 Å². The Morgan fingerprint density at radius 3 is 2.36 bits per heavy atom. The molecule has 0 aliphatic rings. The first-order valence-corrected chi connectivity index (χ1v) is 3.87. The molecule has 60 valence electrons. The Kier molecular flexibility index (Phi) is 2.28. The highest BCUT2D eigenvalue weighted by Gasteiger charge is 2.01. The van der Waals surface area contributed by atoms with Crippen molar-refractivity contribution in [2.24, 2.45) is 0 Å². The number of benzene rings is 1. The number of rotatable bonds is 1. The Hall–Kier alpha value is -0.850. The van der Waals surface area contributed by atoms with Crippen LogP contribution in [0.4, 0.5) is 4.39 Å². The molecule has 0 unspecified atom stereocenters. The van der Waals surface area contributed by atoms with Crippen LogP contribution in [0.2, 0.25) is 0 Å². The normalized spacial score (nSPS) is 10.6. The smallest absolute Gasteiger partial charge is 0.126 e. The molecule has 0 amide bonds. The van der Waals surface area contributed by atoms with Crippen LogP contribution >= 0.6 is 0 Å². The van der Waals surface area contributed by atoms with Crippen molar-refractivity contribution in [3.63, 3.8) is 0 Å². The van der Waals surface area contributed by atoms with Crippen LogP contribution in [-0.2, 0) is 0 Å². The largest absolute Gasteiger partial charge is 0.207 e. The quantitative estimate of drug-likeness (QED) is 0.579. The van der Waals surface area contributed by atoms with Crippen molar-refractivity contribution in [2.75, 3.05) is 0 Å². The van der Waals surface area contributed by atoms with Crippen LogP contribution in [0, 0.1) is 12.7 Å². The van der Waals surface area contributed by atoms with Gasteiger partial charge in [-0.25, -0.2) is 4.39 Å². The van der Waals surface area contributed by atoms with Gasteiger partial charge in [0.05, 0.1) is 0 Å². The zero-order chi connectivity index (χ0) is 8.43. The summed E-state index contributed by atoms with van der Waals surface area (Å²) in [5, 5.41) is 0. The van der Waals surface area contributed by atoms with Crippen molar-refractivity contribution in [1.82, 2.24) is 0 Å². The highest BCUT2D eigenvalue weighted by atomic mass is 19.1. The summed E-state index contributed by atoms with van der Waals surface area (Å²) in [6, 6.07) is 5.28. The first-order valence-electron chi connectivity index (χ1n) is 3.87. The van der Waals surface area contributed by atoms with E-state index in [0.29, 0.717) is 5.92 Å². The zero-order valence-corrected chi connectivity index (χ0v) is 7.19. The molecule has 11 heavy (non-hydrogen) atoms. The minimum Gasteiger partial charge on any atom is -0.207 e. The van der Waals surface area contributed by atoms with E-state index < -0.39 is 0 Å². The predicted octanol–water partition coefficient (Wildman–Crippen LogP) is 3.26. The van der Waals surface area contributed by atoms with E-state index in [4.69, 9.17) is 0 Å². The van der Waals surface area contributed by atoms with Gasteiger partial charge in [-0.15, -0.1) is 0 Å². The molecular formula is C10H13F. The topological polar surface area (TPSA) is 0 Å². The lowest BCUT2D eigenvalue weighted by molar-refractivity contribution is 0.616. The van der Waals surface area contributed by atoms with Crippen molar-refractivity contribution in [1.29, 1.82) is 0 Å². The average Bonchev–Trinajstić information content (AvgIpc) is 1.94. The van der Waals surface area contributed by atoms with Crippen molar-refractivity contribution < 1.29 is 4.39 Å². The molecule has 0 aliphatic carbocycles. The summed E-state index contributed by atoms with van der Waals surface area (Å²) in [4.78, 5) is 0. The Balaban J connectivity index is 3.05. The third-order valence-electron chi connectivity index (χ3n) is 1.85. The first kappa shape index (κ1) is 8.25. The van der Waals surface area contributed by atoms with E-state index >= 15 is 0 Å². The molecule has 1 aromatic carbocycles. The van der Waals surface area contributed by atoms with Crippen molar-refractivity contribution in [3.8, 4) is 0 Å². The van der Waals surface area contributed by atoms with Crippen LogP contribution in [0.25, 0.3) is 0 Å². The molecule has 1 aromatic rings. The maximum atomic E-state index is 12.8. The molecule has 1 heteroatoms. The lowest BCUT2D eigenvalue weighted by Crippen LogP contribution is -1.89. The van der Waals surface area contributed by atoms with Gasteiger partial charge in [0, 0.05) is 0 Å². The molecule has 0 spiro atoms. The fourth-order valence-corrected chi connectivity index (χ4v) is 1.03. The van der Waals surface area contributed by atoms with Gasteiger partial charge < -0.3 is 0 Å². The van der Waals surface area contributed by atoms with Gasteiger partial charge in [0.15, 0.2) is 0 Å². The van der Waals surface area contributed by atoms with Gasteiger partial charge in [0.25, 0.3) is 0 Å². The summed E-state index contributed by atoms with van der Waals surface area (Å²) in [5.74, 6) is 0.365. The molecule has 0 fully saturated rings. The van der Waals surface area contributed by atoms with Gasteiger partial charge in [-0.2, -0.15) is 0 Å². The highest BCUT2D eigenvalue weighted by molar-refractivity contribution is 5.25. The summed E-state index contributed by atoms with van der Waals surface area (Å²) in [7, 11) is 0. The maximum absolute atomic E-state index is 12.8. The van der Waals surface area contributed by atoms with E-state index in [2.05, 4.69) is 13.8 Å². The molecular weight excluding hydrogens is 139 g/mol. The summed E-state index contributed by atoms with van der Waals surface area (Å²) in [6.07, 6.45) is 0. The van der Waals surface area contributed by atoms with Crippen molar-refractivity contribution in [3.05, 3.63) is 35.1 Å². The molecule has 0 saturated carbocycles. The minimum absolute atomic E-state index is 0.116. The van der Waals surface area contributed by atoms with E-state index in [1.807, 2.05) is 12.1 Å². The molecule has 0 nitrogen and oxygen atoms in total. The molecule has 1 rings (SSSR count). The monoisotopic (exact) mass is 152 g/mol. The van der Waals surface area contributed by atoms with E-state index in [9.17, 15) is 4.39 Å². The Bertz CT molecular complexity index is 251. The van der Waals surface area contributed by atoms with Gasteiger partial charge in [0.2, 0.25) is 0 Å². The molecule has 0 atom stereocenters. The average molecular weight is 152 g/mol. The minimum atomic E-state index is -0.116. The number of aryl methyl sites for hydroxylation is 1. The summed E-state index contributed by atoms with van der Waals surface area (Å²) < 4.78 is 12.8. The van der Waals surface area contributed by atoms with Gasteiger partial charge in [-0.05, 0) is 30.0 Å². The van der Waals surface area contributed by atoms with Crippen LogP contribution in [0.3, 0.4) is 0 Å². The predicted molar refractivity (Wildman–Crippen MR) is 45.2 cm³/mol. The van der Waals surface area contributed by atoms with E-state index in [1.54, 1.807) is 6.92 Å². The molecule has 0 heterocycles. The third kappa shape index (κ3) is 1.79. The van der Waals surface area contributed by atoms with Crippen LogP contribution < -0.4 is 0 Å². The van der Waals surface area contributed by atoms with Gasteiger partial charge in [-0.3, -0.25) is 0 Å². The van der Waals surface area contributed by atoms with Gasteiger partial charge in [0.1, 0.15) is 5.82 Å². The number of hydrogen-bond acceptors (Lipinski definition) is 0. The lowest BCUT2D eigenvalue weighted by Gasteiger charge is -2.05. The highest BCUT2D eigenvalue weighted by Crippen LogP contribution is 2.16. The second-order valence-electron chi connectivity index (χ2n) is 3.16. The first-order chi connectivity index (χ1) is 5.11. The van der Waals surface area contributed by atoms with Gasteiger partial charge in [-0.1, -0.05) is 26.0 Å². The molecule has 0 saturated heterocycles. The van der Waals surface area contributed by atoms with E-state index in [1.165, 1.54) is 11.6 Å². The second kappa shape index (κ2) is 3.04. The number of hydrogen-bond donors (Lipinski definition) is 0. The maximum Gasteiger partial charge on any atom is 0.126 e. The molecule has 0 bridgehead atoms. The van der Waals surface area contributed by atoms with Crippen LogP contribution in [0.5, 0.6) is 0 Å². The SMILES string of the molecule is Cc1cc(C(C)C)ccc1F. The Morgan fingerprint density at radius 2 is 1.91 bits per heavy atom. The molecule has 0 aliphatic heterocycles. The fourth-order valence-electron chi connectivity index (χ4n) is 1.03. The summed E-state index contributed by atoms with van der Waals surface area (Å²) in [5.41, 5.74) is 1.93. The molecule has 0 N–H and O–H groups in total. The Labute approximate surface area is 67.1 Å². The Morgan fingerprint density at radius 1 is 1.27 bits per heavy atom. The third-order valence-corrected chi connectivity index (χ3v) is 1.85. The van der Waals surface area contributed by atoms with Gasteiger partial charge >= 0.3 is 0 Å². The molecule has 0 radical (unpaired) electrons. The van der Waals surface area contributed by atoms with Crippen LogP contribution in [-0.4, -0.2) is 0 Å². The van der Waals surface area contributed by atoms with Crippen molar-refractivity contribution in [2.45, 2.75) is 26.7 Å². The van der Waals surface area contributed by atoms with Crippen LogP contribution in [0.1, 0.15) is 30.9 Å². The second-order valence-corrected chi connectivity index (χ2v) is 3.16. The summed E-state index contributed by atoms with van der Waals surface area (Å²) >= 11 is 0. The molecule has 0 aromatic heterocycles. The zero-order valence-electron chi connectivity index (χ0n) is 7.19. The number of halogens is 1. The fraction of sp³-hybridized carbons (Fsp3) is 0.400. The lowest BCUT2D eigenvalue weighted by atomic mass is 10.0. The van der Waals surface area contributed by atoms with E-state index in [-0.39, 0.29) is 5.82 Å². The van der Waals surface area contributed by atoms with E-state index in [0.717, 1.165) is 5.56 Å². The summed E-state index contributed by atoms with van der Waals surface area (Å²) in [6.45, 7) is 6.00.